The standard InChI is InChI=1S/C19H20FN3OS/c20-14-5-7-15(8-6-14)23-11-9-22(10-12-23)13-18-19(24)21-16-3-1-2-4-17(16)25-18/h1-8,18H,9-13H2,(H,21,24). The number of rotatable bonds is 3. The summed E-state index contributed by atoms with van der Waals surface area (Å²) >= 11 is 1.65. The fourth-order valence-electron chi connectivity index (χ4n) is 3.29. The summed E-state index contributed by atoms with van der Waals surface area (Å²) in [7, 11) is 0. The largest absolute Gasteiger partial charge is 0.369 e. The number of carbonyl (C=O) groups excluding carboxylic acids is 1. The van der Waals surface area contributed by atoms with E-state index in [1.807, 2.05) is 30.3 Å². The van der Waals surface area contributed by atoms with Crippen molar-refractivity contribution in [3.8, 4) is 0 Å². The highest BCUT2D eigenvalue weighted by molar-refractivity contribution is 8.01. The monoisotopic (exact) mass is 357 g/mol. The van der Waals surface area contributed by atoms with Gasteiger partial charge < -0.3 is 10.2 Å². The zero-order valence-corrected chi connectivity index (χ0v) is 14.6. The first-order valence-electron chi connectivity index (χ1n) is 8.48. The van der Waals surface area contributed by atoms with Gasteiger partial charge in [0.25, 0.3) is 0 Å². The molecule has 1 saturated heterocycles. The number of amides is 1. The average Bonchev–Trinajstić information content (AvgIpc) is 2.64. The number of thioether (sulfide) groups is 1. The van der Waals surface area contributed by atoms with Gasteiger partial charge >= 0.3 is 0 Å². The minimum atomic E-state index is -0.206. The van der Waals surface area contributed by atoms with Gasteiger partial charge in [-0.25, -0.2) is 4.39 Å². The molecule has 0 aliphatic carbocycles. The molecule has 130 valence electrons. The van der Waals surface area contributed by atoms with Gasteiger partial charge in [0.2, 0.25) is 5.91 Å². The molecule has 25 heavy (non-hydrogen) atoms. The van der Waals surface area contributed by atoms with Gasteiger partial charge in [0, 0.05) is 43.3 Å². The molecular weight excluding hydrogens is 337 g/mol. The van der Waals surface area contributed by atoms with E-state index in [4.69, 9.17) is 0 Å². The quantitative estimate of drug-likeness (QED) is 0.916. The molecule has 1 N–H and O–H groups in total. The van der Waals surface area contributed by atoms with Crippen molar-refractivity contribution in [1.82, 2.24) is 4.90 Å². The maximum atomic E-state index is 13.1. The number of nitrogens with one attached hydrogen (secondary N) is 1. The van der Waals surface area contributed by atoms with E-state index in [0.717, 1.165) is 49.0 Å². The molecule has 1 fully saturated rings. The van der Waals surface area contributed by atoms with Crippen LogP contribution in [0.1, 0.15) is 0 Å². The minimum Gasteiger partial charge on any atom is -0.369 e. The number of hydrogen-bond acceptors (Lipinski definition) is 4. The Kier molecular flexibility index (Phi) is 4.63. The molecule has 4 rings (SSSR count). The van der Waals surface area contributed by atoms with E-state index >= 15 is 0 Å². The second-order valence-electron chi connectivity index (χ2n) is 6.36. The summed E-state index contributed by atoms with van der Waals surface area (Å²) in [6.07, 6.45) is 0. The molecule has 0 aromatic heterocycles. The summed E-state index contributed by atoms with van der Waals surface area (Å²) in [5.41, 5.74) is 1.97. The molecule has 2 aromatic carbocycles. The first-order chi connectivity index (χ1) is 12.2. The topological polar surface area (TPSA) is 35.6 Å². The van der Waals surface area contributed by atoms with E-state index < -0.39 is 0 Å². The smallest absolute Gasteiger partial charge is 0.239 e. The number of fused-ring (bicyclic) bond motifs is 1. The Balaban J connectivity index is 1.34. The normalized spacial score (nSPS) is 20.9. The molecular formula is C19H20FN3OS. The number of carbonyl (C=O) groups is 1. The highest BCUT2D eigenvalue weighted by atomic mass is 32.2. The van der Waals surface area contributed by atoms with E-state index in [9.17, 15) is 9.18 Å². The fraction of sp³-hybridized carbons (Fsp3) is 0.316. The first-order valence-corrected chi connectivity index (χ1v) is 9.36. The van der Waals surface area contributed by atoms with Crippen LogP contribution in [-0.2, 0) is 4.79 Å². The SMILES string of the molecule is O=C1Nc2ccccc2SC1CN1CCN(c2ccc(F)cc2)CC1. The third-order valence-electron chi connectivity index (χ3n) is 4.69. The zero-order chi connectivity index (χ0) is 17.2. The van der Waals surface area contributed by atoms with Crippen molar-refractivity contribution in [2.75, 3.05) is 42.9 Å². The van der Waals surface area contributed by atoms with Gasteiger partial charge in [-0.1, -0.05) is 12.1 Å². The van der Waals surface area contributed by atoms with Crippen molar-refractivity contribution >= 4 is 29.0 Å². The van der Waals surface area contributed by atoms with Crippen molar-refractivity contribution in [2.45, 2.75) is 10.1 Å². The summed E-state index contributed by atoms with van der Waals surface area (Å²) in [5, 5.41) is 2.93. The number of anilines is 2. The lowest BCUT2D eigenvalue weighted by atomic mass is 10.2. The van der Waals surface area contributed by atoms with Gasteiger partial charge in [0.15, 0.2) is 0 Å². The first kappa shape index (κ1) is 16.4. The highest BCUT2D eigenvalue weighted by Crippen LogP contribution is 2.35. The number of piperazine rings is 1. The molecule has 0 bridgehead atoms. The van der Waals surface area contributed by atoms with Crippen molar-refractivity contribution in [1.29, 1.82) is 0 Å². The van der Waals surface area contributed by atoms with E-state index in [1.54, 1.807) is 11.8 Å². The molecule has 2 aromatic rings. The fourth-order valence-corrected chi connectivity index (χ4v) is 4.45. The van der Waals surface area contributed by atoms with Crippen molar-refractivity contribution in [2.24, 2.45) is 0 Å². The van der Waals surface area contributed by atoms with Crippen LogP contribution in [0.5, 0.6) is 0 Å². The van der Waals surface area contributed by atoms with Gasteiger partial charge in [0.05, 0.1) is 5.69 Å². The van der Waals surface area contributed by atoms with Crippen LogP contribution >= 0.6 is 11.8 Å². The lowest BCUT2D eigenvalue weighted by Gasteiger charge is -2.38. The molecule has 0 saturated carbocycles. The van der Waals surface area contributed by atoms with Crippen LogP contribution in [0.2, 0.25) is 0 Å². The summed E-state index contributed by atoms with van der Waals surface area (Å²) in [5.74, 6) is -0.118. The number of para-hydroxylation sites is 1. The van der Waals surface area contributed by atoms with Crippen LogP contribution in [0, 0.1) is 5.82 Å². The Morgan fingerprint density at radius 1 is 1.04 bits per heavy atom. The maximum absolute atomic E-state index is 13.1. The third kappa shape index (κ3) is 3.65. The predicted octanol–water partition coefficient (Wildman–Crippen LogP) is 3.06. The summed E-state index contributed by atoms with van der Waals surface area (Å²) in [6.45, 7) is 4.34. The Morgan fingerprint density at radius 3 is 2.52 bits per heavy atom. The molecule has 0 spiro atoms. The van der Waals surface area contributed by atoms with Gasteiger partial charge in [-0.15, -0.1) is 11.8 Å². The van der Waals surface area contributed by atoms with Crippen LogP contribution in [0.3, 0.4) is 0 Å². The Hall–Kier alpha value is -2.05. The predicted molar refractivity (Wildman–Crippen MR) is 99.8 cm³/mol. The molecule has 6 heteroatoms. The Labute approximate surface area is 151 Å². The molecule has 1 unspecified atom stereocenters. The van der Waals surface area contributed by atoms with Gasteiger partial charge in [-0.2, -0.15) is 0 Å². The summed E-state index contributed by atoms with van der Waals surface area (Å²) < 4.78 is 13.1. The minimum absolute atomic E-state index is 0.0766. The molecule has 4 nitrogen and oxygen atoms in total. The van der Waals surface area contributed by atoms with E-state index in [2.05, 4.69) is 21.2 Å². The van der Waals surface area contributed by atoms with Crippen LogP contribution in [-0.4, -0.2) is 48.8 Å². The summed E-state index contributed by atoms with van der Waals surface area (Å²) in [6, 6.07) is 14.6. The lowest BCUT2D eigenvalue weighted by molar-refractivity contribution is -0.116. The molecule has 1 atom stereocenters. The number of benzene rings is 2. The van der Waals surface area contributed by atoms with Crippen LogP contribution in [0.15, 0.2) is 53.4 Å². The molecule has 2 aliphatic heterocycles. The van der Waals surface area contributed by atoms with Gasteiger partial charge in [0.1, 0.15) is 11.1 Å². The Morgan fingerprint density at radius 2 is 1.76 bits per heavy atom. The van der Waals surface area contributed by atoms with Crippen molar-refractivity contribution < 1.29 is 9.18 Å². The molecule has 0 radical (unpaired) electrons. The van der Waals surface area contributed by atoms with E-state index in [0.29, 0.717) is 0 Å². The molecule has 2 aliphatic rings. The molecule has 2 heterocycles. The second kappa shape index (κ2) is 7.06. The van der Waals surface area contributed by atoms with Gasteiger partial charge in [-0.3, -0.25) is 9.69 Å². The second-order valence-corrected chi connectivity index (χ2v) is 7.60. The van der Waals surface area contributed by atoms with Crippen LogP contribution in [0.4, 0.5) is 15.8 Å². The van der Waals surface area contributed by atoms with E-state index in [-0.39, 0.29) is 17.0 Å². The van der Waals surface area contributed by atoms with Crippen LogP contribution < -0.4 is 10.2 Å². The average molecular weight is 357 g/mol. The third-order valence-corrected chi connectivity index (χ3v) is 5.95. The number of hydrogen-bond donors (Lipinski definition) is 1. The maximum Gasteiger partial charge on any atom is 0.239 e. The number of nitrogens with zero attached hydrogens (tertiary/aromatic N) is 2. The highest BCUT2D eigenvalue weighted by Gasteiger charge is 2.29. The summed E-state index contributed by atoms with van der Waals surface area (Å²) in [4.78, 5) is 18.1. The van der Waals surface area contributed by atoms with Crippen LogP contribution in [0.25, 0.3) is 0 Å². The zero-order valence-electron chi connectivity index (χ0n) is 13.8. The van der Waals surface area contributed by atoms with Gasteiger partial charge in [-0.05, 0) is 36.4 Å². The van der Waals surface area contributed by atoms with E-state index in [1.165, 1.54) is 12.1 Å². The lowest BCUT2D eigenvalue weighted by Crippen LogP contribution is -2.50. The van der Waals surface area contributed by atoms with Crippen molar-refractivity contribution in [3.63, 3.8) is 0 Å². The Bertz CT molecular complexity index is 760. The van der Waals surface area contributed by atoms with Crippen molar-refractivity contribution in [3.05, 3.63) is 54.3 Å². The molecule has 1 amide bonds. The number of halogens is 1.